The SMILES string of the molecule is O=C(O)CCNC(=O)N(CCCCc1cc(Cl)c(COC2(c3cnccc3-c3ccccc3OC3CC3)CC2)cc1Cl)C[C@H](O)[C@@H](O)[C@H](O)[C@H](O)CO. The van der Waals surface area contributed by atoms with Crippen LogP contribution >= 0.6 is 23.2 Å². The highest BCUT2D eigenvalue weighted by Gasteiger charge is 2.48. The predicted molar refractivity (Wildman–Crippen MR) is 197 cm³/mol. The van der Waals surface area contributed by atoms with Gasteiger partial charge < -0.3 is 50.3 Å². The van der Waals surface area contributed by atoms with Crippen molar-refractivity contribution < 1.29 is 49.7 Å². The van der Waals surface area contributed by atoms with Crippen molar-refractivity contribution in [1.29, 1.82) is 0 Å². The minimum Gasteiger partial charge on any atom is -0.490 e. The van der Waals surface area contributed by atoms with Crippen molar-refractivity contribution in [3.63, 3.8) is 0 Å². The predicted octanol–water partition coefficient (Wildman–Crippen LogP) is 4.05. The van der Waals surface area contributed by atoms with Gasteiger partial charge in [-0.3, -0.25) is 9.78 Å². The number of aliphatic hydroxyl groups is 5. The number of nitrogens with zero attached hydrogens (tertiary/aromatic N) is 2. The van der Waals surface area contributed by atoms with Crippen LogP contribution < -0.4 is 10.1 Å². The van der Waals surface area contributed by atoms with Gasteiger partial charge in [0.1, 0.15) is 30.2 Å². The molecule has 2 saturated carbocycles. The van der Waals surface area contributed by atoms with Gasteiger partial charge in [-0.25, -0.2) is 4.79 Å². The molecule has 15 heteroatoms. The Balaban J connectivity index is 1.18. The van der Waals surface area contributed by atoms with Gasteiger partial charge >= 0.3 is 12.0 Å². The number of benzene rings is 2. The maximum Gasteiger partial charge on any atom is 0.317 e. The Hall–Kier alpha value is -3.53. The summed E-state index contributed by atoms with van der Waals surface area (Å²) >= 11 is 13.5. The molecule has 0 aliphatic heterocycles. The number of halogens is 2. The van der Waals surface area contributed by atoms with Gasteiger partial charge in [0.15, 0.2) is 0 Å². The Morgan fingerprint density at radius 1 is 0.962 bits per heavy atom. The van der Waals surface area contributed by atoms with Crippen LogP contribution in [0.15, 0.2) is 54.9 Å². The molecule has 3 aromatic rings. The van der Waals surface area contributed by atoms with E-state index in [1.807, 2.05) is 30.5 Å². The molecule has 4 atom stereocenters. The average molecular weight is 777 g/mol. The maximum absolute atomic E-state index is 12.8. The highest BCUT2D eigenvalue weighted by Crippen LogP contribution is 2.53. The third-order valence-corrected chi connectivity index (χ3v) is 10.2. The second kappa shape index (κ2) is 18.7. The summed E-state index contributed by atoms with van der Waals surface area (Å²) in [5, 5.41) is 61.8. The van der Waals surface area contributed by atoms with Gasteiger partial charge in [0.25, 0.3) is 0 Å². The zero-order valence-corrected chi connectivity index (χ0v) is 30.8. The molecule has 7 N–H and O–H groups in total. The number of ether oxygens (including phenoxy) is 2. The third-order valence-electron chi connectivity index (χ3n) is 9.49. The van der Waals surface area contributed by atoms with Crippen LogP contribution in [-0.4, -0.2) is 109 Å². The molecule has 53 heavy (non-hydrogen) atoms. The van der Waals surface area contributed by atoms with E-state index in [-0.39, 0.29) is 32.2 Å². The fourth-order valence-corrected chi connectivity index (χ4v) is 6.60. The summed E-state index contributed by atoms with van der Waals surface area (Å²) in [6.45, 7) is -1.10. The molecular weight excluding hydrogens is 729 g/mol. The van der Waals surface area contributed by atoms with Crippen molar-refractivity contribution in [2.45, 2.75) is 94.1 Å². The van der Waals surface area contributed by atoms with Crippen LogP contribution in [0.25, 0.3) is 11.1 Å². The summed E-state index contributed by atoms with van der Waals surface area (Å²) in [5.74, 6) is -0.256. The number of amides is 2. The van der Waals surface area contributed by atoms with E-state index >= 15 is 0 Å². The number of rotatable bonds is 21. The number of hydrogen-bond acceptors (Lipinski definition) is 10. The van der Waals surface area contributed by atoms with Crippen molar-refractivity contribution >= 4 is 35.2 Å². The Kier molecular flexibility index (Phi) is 14.3. The first-order valence-electron chi connectivity index (χ1n) is 17.8. The fraction of sp³-hybridized carbons (Fsp3) is 0.500. The number of pyridine rings is 1. The van der Waals surface area contributed by atoms with E-state index in [2.05, 4.69) is 16.4 Å². The average Bonchev–Trinajstić information content (AvgIpc) is 4.10. The van der Waals surface area contributed by atoms with E-state index < -0.39 is 55.2 Å². The number of hydrogen-bond donors (Lipinski definition) is 7. The van der Waals surface area contributed by atoms with Crippen LogP contribution in [0.4, 0.5) is 4.79 Å². The molecule has 0 bridgehead atoms. The molecule has 0 unspecified atom stereocenters. The number of carboxylic acid groups (broad SMARTS) is 1. The Morgan fingerprint density at radius 3 is 2.36 bits per heavy atom. The summed E-state index contributed by atoms with van der Waals surface area (Å²) < 4.78 is 12.8. The summed E-state index contributed by atoms with van der Waals surface area (Å²) in [6.07, 6.45) is 1.76. The lowest BCUT2D eigenvalue weighted by Gasteiger charge is -2.30. The first-order chi connectivity index (χ1) is 25.4. The van der Waals surface area contributed by atoms with Gasteiger partial charge in [0, 0.05) is 46.7 Å². The van der Waals surface area contributed by atoms with Gasteiger partial charge in [-0.1, -0.05) is 41.4 Å². The van der Waals surface area contributed by atoms with Gasteiger partial charge in [-0.05, 0) is 85.9 Å². The summed E-state index contributed by atoms with van der Waals surface area (Å²) in [5.41, 5.74) is 4.03. The largest absolute Gasteiger partial charge is 0.490 e. The number of unbranched alkanes of at least 4 members (excludes halogenated alkanes) is 1. The zero-order valence-electron chi connectivity index (χ0n) is 29.2. The molecule has 2 aliphatic rings. The summed E-state index contributed by atoms with van der Waals surface area (Å²) in [7, 11) is 0. The smallest absolute Gasteiger partial charge is 0.317 e. The van der Waals surface area contributed by atoms with Gasteiger partial charge in [-0.15, -0.1) is 0 Å². The number of aliphatic hydroxyl groups excluding tert-OH is 5. The number of urea groups is 1. The van der Waals surface area contributed by atoms with E-state index in [9.17, 15) is 30.0 Å². The van der Waals surface area contributed by atoms with Crippen molar-refractivity contribution in [2.24, 2.45) is 0 Å². The van der Waals surface area contributed by atoms with Crippen LogP contribution in [0.1, 0.15) is 61.6 Å². The third kappa shape index (κ3) is 11.0. The standard InChI is InChI=1S/C38H47Cl2N3O10/c39-29-18-24(22-52-38(12-13-38)28-19-41-14-10-26(28)27-6-1-2-7-33(27)53-25-8-9-25)30(40)17-23(29)5-3-4-16-43(37(51)42-15-11-34(47)48)20-31(45)35(49)36(50)32(46)21-44/h1-2,6-7,10,14,17-19,25,31-32,35-36,44-46,49-50H,3-5,8-9,11-13,15-16,20-22H2,(H,42,51)(H,47,48)/t31-,32+,35+,36+/m0/s1. The molecular formula is C38H47Cl2N3O10. The second-order valence-electron chi connectivity index (χ2n) is 13.6. The Labute approximate surface area is 318 Å². The molecule has 288 valence electrons. The Bertz CT molecular complexity index is 1710. The normalized spacial score (nSPS) is 17.0. The number of para-hydroxylation sites is 1. The first-order valence-corrected chi connectivity index (χ1v) is 18.6. The lowest BCUT2D eigenvalue weighted by Crippen LogP contribution is -2.52. The summed E-state index contributed by atoms with van der Waals surface area (Å²) in [6, 6.07) is 12.9. The van der Waals surface area contributed by atoms with Crippen molar-refractivity contribution in [1.82, 2.24) is 15.2 Å². The molecule has 13 nitrogen and oxygen atoms in total. The van der Waals surface area contributed by atoms with Gasteiger partial charge in [-0.2, -0.15) is 0 Å². The summed E-state index contributed by atoms with van der Waals surface area (Å²) in [4.78, 5) is 29.3. The monoisotopic (exact) mass is 775 g/mol. The number of aryl methyl sites for hydroxylation is 1. The van der Waals surface area contributed by atoms with Crippen molar-refractivity contribution in [3.8, 4) is 16.9 Å². The lowest BCUT2D eigenvalue weighted by molar-refractivity contribution is -0.136. The molecule has 2 fully saturated rings. The fourth-order valence-electron chi connectivity index (χ4n) is 6.08. The van der Waals surface area contributed by atoms with E-state index in [4.69, 9.17) is 42.9 Å². The van der Waals surface area contributed by atoms with E-state index in [0.717, 1.165) is 59.3 Å². The molecule has 0 spiro atoms. The van der Waals surface area contributed by atoms with Gasteiger partial charge in [0.05, 0.1) is 37.9 Å². The minimum atomic E-state index is -1.86. The topological polar surface area (TPSA) is 202 Å². The van der Waals surface area contributed by atoms with Crippen molar-refractivity contribution in [3.05, 3.63) is 81.6 Å². The first kappa shape index (κ1) is 40.7. The molecule has 5 rings (SSSR count). The highest BCUT2D eigenvalue weighted by molar-refractivity contribution is 6.34. The van der Waals surface area contributed by atoms with E-state index in [1.165, 1.54) is 4.90 Å². The molecule has 2 aromatic carbocycles. The molecule has 1 heterocycles. The van der Waals surface area contributed by atoms with Crippen molar-refractivity contribution in [2.75, 3.05) is 26.2 Å². The van der Waals surface area contributed by atoms with E-state index in [1.54, 1.807) is 18.3 Å². The number of carbonyl (C=O) groups is 2. The number of nitrogens with one attached hydrogen (secondary N) is 1. The second-order valence-corrected chi connectivity index (χ2v) is 14.4. The number of aromatic nitrogens is 1. The molecule has 0 radical (unpaired) electrons. The lowest BCUT2D eigenvalue weighted by atomic mass is 9.96. The van der Waals surface area contributed by atoms with Gasteiger partial charge in [0.2, 0.25) is 0 Å². The molecule has 1 aromatic heterocycles. The van der Waals surface area contributed by atoms with E-state index in [0.29, 0.717) is 29.3 Å². The van der Waals surface area contributed by atoms with Crippen LogP contribution in [0, 0.1) is 0 Å². The maximum atomic E-state index is 12.8. The number of aliphatic carboxylic acids is 1. The number of carboxylic acids is 1. The van der Waals surface area contributed by atoms with Crippen LogP contribution in [-0.2, 0) is 28.2 Å². The molecule has 2 amide bonds. The van der Waals surface area contributed by atoms with Crippen LogP contribution in [0.5, 0.6) is 5.75 Å². The number of carbonyl (C=O) groups excluding carboxylic acids is 1. The quantitative estimate of drug-likeness (QED) is 0.0770. The highest BCUT2D eigenvalue weighted by atomic mass is 35.5. The van der Waals surface area contributed by atoms with Crippen LogP contribution in [0.3, 0.4) is 0 Å². The van der Waals surface area contributed by atoms with Crippen LogP contribution in [0.2, 0.25) is 10.0 Å². The minimum absolute atomic E-state index is 0.105. The molecule has 0 saturated heterocycles. The molecule has 2 aliphatic carbocycles. The zero-order chi connectivity index (χ0) is 38.1. The Morgan fingerprint density at radius 2 is 1.66 bits per heavy atom.